The summed E-state index contributed by atoms with van der Waals surface area (Å²) >= 11 is 8.72. The summed E-state index contributed by atoms with van der Waals surface area (Å²) in [6.45, 7) is 4.31. The van der Waals surface area contributed by atoms with Crippen molar-refractivity contribution in [2.24, 2.45) is 5.16 Å². The molecule has 1 aromatic carbocycles. The number of thiazole rings is 1. The van der Waals surface area contributed by atoms with Crippen LogP contribution in [-0.2, 0) is 40.1 Å². The maximum atomic E-state index is 13.1. The minimum atomic E-state index is -1.03. The van der Waals surface area contributed by atoms with Crippen molar-refractivity contribution in [3.8, 4) is 0 Å². The summed E-state index contributed by atoms with van der Waals surface area (Å²) in [5.41, 5.74) is 0.881. The molecule has 0 radical (unpaired) electrons. The highest BCUT2D eigenvalue weighted by atomic mass is 35.5. The third kappa shape index (κ3) is 7.24. The standard InChI is InChI=1S/C25H24ClN5O9S2/c1-25(2,3)40-17(32)9-39-29-18(16-11-41-12-27-16)21(33)28-19-22(34)30-20(15(26)10-42-23(19)30)24(35)38-8-13-4-6-14(7-5-13)31(36)37/h4-7,11-12,19,23H,8-10H2,1-3H3,(H,28,33)/b29-18-/t19?,23-/m1/s1. The Morgan fingerprint density at radius 1 is 1.26 bits per heavy atom. The SMILES string of the molecule is CC(C)(C)OC(=O)CO/N=C(\C(=O)NC1C(=O)N2C(C(=O)OCc3ccc([N+](=O)[O-])cc3)=C(Cl)CS[C@H]12)c1cscn1. The lowest BCUT2D eigenvalue weighted by molar-refractivity contribution is -0.384. The van der Waals surface area contributed by atoms with E-state index in [2.05, 4.69) is 15.5 Å². The van der Waals surface area contributed by atoms with E-state index in [9.17, 15) is 29.3 Å². The number of β-lactam (4-membered cyclic amide) rings is 1. The molecule has 1 aromatic heterocycles. The fourth-order valence-corrected chi connectivity index (χ4v) is 5.85. The van der Waals surface area contributed by atoms with Crippen molar-refractivity contribution in [2.45, 2.75) is 44.4 Å². The number of hydrogen-bond acceptors (Lipinski definition) is 13. The fraction of sp³-hybridized carbons (Fsp3) is 0.360. The van der Waals surface area contributed by atoms with Crippen LogP contribution in [0.25, 0.3) is 0 Å². The third-order valence-electron chi connectivity index (χ3n) is 5.57. The van der Waals surface area contributed by atoms with Gasteiger partial charge in [0.1, 0.15) is 35.0 Å². The van der Waals surface area contributed by atoms with E-state index in [1.165, 1.54) is 52.9 Å². The van der Waals surface area contributed by atoms with Crippen LogP contribution in [0.3, 0.4) is 0 Å². The molecular formula is C25H24ClN5O9S2. The van der Waals surface area contributed by atoms with Crippen LogP contribution >= 0.6 is 34.7 Å². The number of nitrogens with one attached hydrogen (secondary N) is 1. The zero-order valence-electron chi connectivity index (χ0n) is 22.4. The van der Waals surface area contributed by atoms with Gasteiger partial charge in [0.25, 0.3) is 17.5 Å². The van der Waals surface area contributed by atoms with E-state index in [-0.39, 0.29) is 40.2 Å². The number of oxime groups is 1. The minimum absolute atomic E-state index is 0.100. The van der Waals surface area contributed by atoms with E-state index in [0.717, 1.165) is 4.90 Å². The van der Waals surface area contributed by atoms with Gasteiger partial charge in [-0.05, 0) is 38.5 Å². The molecule has 4 rings (SSSR count). The smallest absolute Gasteiger partial charge is 0.356 e. The first-order chi connectivity index (χ1) is 19.9. The molecular weight excluding hydrogens is 614 g/mol. The second-order valence-corrected chi connectivity index (χ2v) is 12.1. The van der Waals surface area contributed by atoms with Gasteiger partial charge in [0.2, 0.25) is 6.61 Å². The van der Waals surface area contributed by atoms with Gasteiger partial charge in [0.05, 0.1) is 15.5 Å². The van der Waals surface area contributed by atoms with Crippen LogP contribution < -0.4 is 5.32 Å². The van der Waals surface area contributed by atoms with Crippen molar-refractivity contribution in [2.75, 3.05) is 12.4 Å². The molecule has 2 amide bonds. The number of thioether (sulfide) groups is 1. The Balaban J connectivity index is 1.40. The molecule has 2 aliphatic heterocycles. The number of nitro benzene ring substituents is 1. The van der Waals surface area contributed by atoms with Gasteiger partial charge in [-0.2, -0.15) is 0 Å². The average Bonchev–Trinajstić information content (AvgIpc) is 3.46. The molecule has 222 valence electrons. The van der Waals surface area contributed by atoms with Crippen LogP contribution in [0.5, 0.6) is 0 Å². The van der Waals surface area contributed by atoms with Crippen LogP contribution in [0.15, 0.2) is 51.0 Å². The number of ether oxygens (including phenoxy) is 2. The van der Waals surface area contributed by atoms with Gasteiger partial charge < -0.3 is 19.6 Å². The topological polar surface area (TPSA) is 180 Å². The number of carbonyl (C=O) groups is 4. The lowest BCUT2D eigenvalue weighted by atomic mass is 10.0. The normalized spacial score (nSPS) is 18.5. The Morgan fingerprint density at radius 2 is 1.98 bits per heavy atom. The first-order valence-electron chi connectivity index (χ1n) is 12.2. The number of rotatable bonds is 10. The van der Waals surface area contributed by atoms with Gasteiger partial charge in [0.15, 0.2) is 5.71 Å². The maximum Gasteiger partial charge on any atom is 0.356 e. The summed E-state index contributed by atoms with van der Waals surface area (Å²) in [6.07, 6.45) is 0. The number of fused-ring (bicyclic) bond motifs is 1. The molecule has 1 fully saturated rings. The number of hydrogen-bond donors (Lipinski definition) is 1. The molecule has 0 saturated carbocycles. The second-order valence-electron chi connectivity index (χ2n) is 9.79. The molecule has 2 atom stereocenters. The Kier molecular flexibility index (Phi) is 9.48. The lowest BCUT2D eigenvalue weighted by Crippen LogP contribution is -2.71. The van der Waals surface area contributed by atoms with E-state index >= 15 is 0 Å². The monoisotopic (exact) mass is 637 g/mol. The van der Waals surface area contributed by atoms with Gasteiger partial charge in [-0.1, -0.05) is 16.8 Å². The second kappa shape index (κ2) is 12.9. The van der Waals surface area contributed by atoms with Gasteiger partial charge in [-0.3, -0.25) is 24.6 Å². The molecule has 1 saturated heterocycles. The van der Waals surface area contributed by atoms with Crippen LogP contribution in [-0.4, -0.2) is 73.6 Å². The molecule has 2 aromatic rings. The molecule has 3 heterocycles. The minimum Gasteiger partial charge on any atom is -0.457 e. The van der Waals surface area contributed by atoms with E-state index in [1.807, 2.05) is 0 Å². The van der Waals surface area contributed by atoms with Crippen LogP contribution in [0.4, 0.5) is 5.69 Å². The zero-order valence-corrected chi connectivity index (χ0v) is 24.8. The van der Waals surface area contributed by atoms with E-state index in [4.69, 9.17) is 25.9 Å². The predicted octanol–water partition coefficient (Wildman–Crippen LogP) is 2.71. The summed E-state index contributed by atoms with van der Waals surface area (Å²) < 4.78 is 10.5. The van der Waals surface area contributed by atoms with Gasteiger partial charge in [0, 0.05) is 23.3 Å². The Hall–Kier alpha value is -4.02. The van der Waals surface area contributed by atoms with E-state index in [0.29, 0.717) is 5.56 Å². The van der Waals surface area contributed by atoms with Crippen molar-refractivity contribution in [1.82, 2.24) is 15.2 Å². The number of halogens is 1. The predicted molar refractivity (Wildman–Crippen MR) is 151 cm³/mol. The molecule has 2 aliphatic rings. The fourth-order valence-electron chi connectivity index (χ4n) is 3.77. The van der Waals surface area contributed by atoms with Crippen molar-refractivity contribution in [1.29, 1.82) is 0 Å². The van der Waals surface area contributed by atoms with Crippen molar-refractivity contribution < 1.29 is 38.4 Å². The summed E-state index contributed by atoms with van der Waals surface area (Å²) in [5, 5.41) is 18.2. The van der Waals surface area contributed by atoms with E-state index < -0.39 is 52.3 Å². The number of benzene rings is 1. The largest absolute Gasteiger partial charge is 0.457 e. The van der Waals surface area contributed by atoms with Gasteiger partial charge in [-0.15, -0.1) is 23.1 Å². The zero-order chi connectivity index (χ0) is 30.6. The molecule has 0 spiro atoms. The molecule has 0 bridgehead atoms. The number of carbonyl (C=O) groups excluding carboxylic acids is 4. The van der Waals surface area contributed by atoms with Gasteiger partial charge in [-0.25, -0.2) is 14.6 Å². The maximum absolute atomic E-state index is 13.1. The number of amides is 2. The highest BCUT2D eigenvalue weighted by Gasteiger charge is 2.54. The molecule has 1 unspecified atom stereocenters. The highest BCUT2D eigenvalue weighted by molar-refractivity contribution is 8.00. The molecule has 17 heteroatoms. The lowest BCUT2D eigenvalue weighted by Gasteiger charge is -2.49. The van der Waals surface area contributed by atoms with Crippen LogP contribution in [0.1, 0.15) is 32.0 Å². The Morgan fingerprint density at radius 3 is 2.60 bits per heavy atom. The average molecular weight is 638 g/mol. The Bertz CT molecular complexity index is 1460. The van der Waals surface area contributed by atoms with Crippen molar-refractivity contribution >= 4 is 69.9 Å². The van der Waals surface area contributed by atoms with E-state index in [1.54, 1.807) is 26.2 Å². The van der Waals surface area contributed by atoms with Crippen molar-refractivity contribution in [3.05, 3.63) is 67.3 Å². The number of nitro groups is 1. The molecule has 1 N–H and O–H groups in total. The van der Waals surface area contributed by atoms with Gasteiger partial charge >= 0.3 is 11.9 Å². The summed E-state index contributed by atoms with van der Waals surface area (Å²) in [4.78, 5) is 71.6. The van der Waals surface area contributed by atoms with Crippen LogP contribution in [0, 0.1) is 10.1 Å². The number of esters is 2. The highest BCUT2D eigenvalue weighted by Crippen LogP contribution is 2.41. The summed E-state index contributed by atoms with van der Waals surface area (Å²) in [5.74, 6) is -2.76. The third-order valence-corrected chi connectivity index (χ3v) is 7.90. The molecule has 42 heavy (non-hydrogen) atoms. The number of nitrogens with zero attached hydrogens (tertiary/aromatic N) is 4. The van der Waals surface area contributed by atoms with Crippen molar-refractivity contribution in [3.63, 3.8) is 0 Å². The Labute approximate surface area is 252 Å². The quantitative estimate of drug-likeness (QED) is 0.133. The summed E-state index contributed by atoms with van der Waals surface area (Å²) in [6, 6.07) is 4.42. The number of non-ortho nitro benzene ring substituents is 1. The first kappa shape index (κ1) is 30.9. The number of aromatic nitrogens is 1. The molecule has 0 aliphatic carbocycles. The first-order valence-corrected chi connectivity index (χ1v) is 14.6. The summed E-state index contributed by atoms with van der Waals surface area (Å²) in [7, 11) is 0. The van der Waals surface area contributed by atoms with Crippen LogP contribution in [0.2, 0.25) is 0 Å². The molecule has 14 nitrogen and oxygen atoms in total.